The van der Waals surface area contributed by atoms with Crippen molar-refractivity contribution in [3.05, 3.63) is 101 Å². The lowest BCUT2D eigenvalue weighted by molar-refractivity contribution is -0.137. The van der Waals surface area contributed by atoms with Gasteiger partial charge in [-0.05, 0) is 48.5 Å². The first kappa shape index (κ1) is 23.2. The Hall–Kier alpha value is -4.47. The Morgan fingerprint density at radius 2 is 1.30 bits per heavy atom. The molecule has 0 aromatic heterocycles. The van der Waals surface area contributed by atoms with Gasteiger partial charge in [0.05, 0.1) is 16.8 Å². The summed E-state index contributed by atoms with van der Waals surface area (Å²) in [6.07, 6.45) is -4.76. The molecule has 0 heterocycles. The van der Waals surface area contributed by atoms with E-state index in [2.05, 4.69) is 15.6 Å². The lowest BCUT2D eigenvalue weighted by Crippen LogP contribution is -2.44. The van der Waals surface area contributed by atoms with Gasteiger partial charge in [0.1, 0.15) is 0 Å². The number of nitrogens with two attached hydrogens (primary N) is 1. The monoisotopic (exact) mass is 454 g/mol. The van der Waals surface area contributed by atoms with Crippen molar-refractivity contribution >= 4 is 29.4 Å². The normalized spacial score (nSPS) is 11.5. The molecule has 3 aromatic rings. The van der Waals surface area contributed by atoms with Crippen LogP contribution in [-0.2, 0) is 6.18 Å². The highest BCUT2D eigenvalue weighted by molar-refractivity contribution is 6.13. The second kappa shape index (κ2) is 9.77. The van der Waals surface area contributed by atoms with Crippen molar-refractivity contribution in [1.29, 1.82) is 0 Å². The number of aliphatic imine (C=N–C) groups is 1. The van der Waals surface area contributed by atoms with Gasteiger partial charge in [-0.2, -0.15) is 13.2 Å². The van der Waals surface area contributed by atoms with E-state index in [1.807, 2.05) is 0 Å². The fraction of sp³-hybridized carbons (Fsp3) is 0.0435. The number of nitrogens with one attached hydrogen (secondary N) is 2. The zero-order valence-electron chi connectivity index (χ0n) is 16.9. The molecule has 0 saturated carbocycles. The third-order valence-electron chi connectivity index (χ3n) is 4.37. The molecule has 0 aliphatic heterocycles. The second-order valence-electron chi connectivity index (χ2n) is 6.69. The summed E-state index contributed by atoms with van der Waals surface area (Å²) in [5.41, 5.74) is 4.05. The lowest BCUT2D eigenvalue weighted by atomic mass is 10.1. The number of carbonyl (C=O) groups is 3. The van der Waals surface area contributed by atoms with E-state index in [0.717, 1.165) is 18.2 Å². The largest absolute Gasteiger partial charge is 0.417 e. The average Bonchev–Trinajstić information content (AvgIpc) is 2.79. The van der Waals surface area contributed by atoms with E-state index in [9.17, 15) is 27.6 Å². The summed E-state index contributed by atoms with van der Waals surface area (Å²) in [4.78, 5) is 40.6. The van der Waals surface area contributed by atoms with E-state index in [1.165, 1.54) is 42.5 Å². The smallest absolute Gasteiger partial charge is 0.366 e. The molecule has 7 nitrogen and oxygen atoms in total. The number of primary amides is 1. The molecule has 0 radical (unpaired) electrons. The summed E-state index contributed by atoms with van der Waals surface area (Å²) >= 11 is 0. The summed E-state index contributed by atoms with van der Waals surface area (Å²) in [5.74, 6) is -2.84. The number of hydrogen-bond acceptors (Lipinski definition) is 4. The molecule has 0 spiro atoms. The van der Waals surface area contributed by atoms with E-state index in [4.69, 9.17) is 5.73 Å². The van der Waals surface area contributed by atoms with E-state index < -0.39 is 41.0 Å². The number of halogens is 3. The minimum atomic E-state index is -4.76. The third-order valence-corrected chi connectivity index (χ3v) is 4.37. The van der Waals surface area contributed by atoms with Crippen molar-refractivity contribution in [3.63, 3.8) is 0 Å². The molecule has 0 saturated heterocycles. The van der Waals surface area contributed by atoms with Crippen LogP contribution in [0.5, 0.6) is 0 Å². The van der Waals surface area contributed by atoms with Gasteiger partial charge < -0.3 is 5.73 Å². The van der Waals surface area contributed by atoms with Crippen LogP contribution in [0, 0.1) is 0 Å². The predicted molar refractivity (Wildman–Crippen MR) is 115 cm³/mol. The highest BCUT2D eigenvalue weighted by atomic mass is 19.4. The Morgan fingerprint density at radius 1 is 0.727 bits per heavy atom. The maximum absolute atomic E-state index is 13.3. The Labute approximate surface area is 186 Å². The van der Waals surface area contributed by atoms with Crippen molar-refractivity contribution in [2.45, 2.75) is 6.18 Å². The molecule has 33 heavy (non-hydrogen) atoms. The zero-order chi connectivity index (χ0) is 24.0. The topological polar surface area (TPSA) is 114 Å². The van der Waals surface area contributed by atoms with Crippen molar-refractivity contribution in [3.8, 4) is 0 Å². The molecule has 0 aliphatic carbocycles. The summed E-state index contributed by atoms with van der Waals surface area (Å²) in [7, 11) is 0. The first-order valence-electron chi connectivity index (χ1n) is 9.47. The van der Waals surface area contributed by atoms with Crippen LogP contribution in [0.1, 0.15) is 36.6 Å². The van der Waals surface area contributed by atoms with Gasteiger partial charge >= 0.3 is 6.18 Å². The first-order valence-corrected chi connectivity index (χ1v) is 9.47. The number of guanidine groups is 1. The van der Waals surface area contributed by atoms with Gasteiger partial charge in [-0.1, -0.05) is 30.3 Å². The van der Waals surface area contributed by atoms with Crippen LogP contribution in [0.2, 0.25) is 0 Å². The average molecular weight is 454 g/mol. The van der Waals surface area contributed by atoms with E-state index in [0.29, 0.717) is 0 Å². The van der Waals surface area contributed by atoms with Crippen LogP contribution >= 0.6 is 0 Å². The van der Waals surface area contributed by atoms with Crippen LogP contribution in [0.25, 0.3) is 0 Å². The summed E-state index contributed by atoms with van der Waals surface area (Å²) in [6.45, 7) is 0. The van der Waals surface area contributed by atoms with E-state index in [-0.39, 0.29) is 16.8 Å². The molecular weight excluding hydrogens is 437 g/mol. The van der Waals surface area contributed by atoms with Gasteiger partial charge in [-0.15, -0.1) is 0 Å². The number of rotatable bonds is 4. The maximum Gasteiger partial charge on any atom is 0.417 e. The number of carbonyl (C=O) groups excluding carboxylic acids is 3. The van der Waals surface area contributed by atoms with Gasteiger partial charge in [0, 0.05) is 11.1 Å². The van der Waals surface area contributed by atoms with Crippen LogP contribution in [0.3, 0.4) is 0 Å². The minimum Gasteiger partial charge on any atom is -0.366 e. The SMILES string of the molecule is NC(=O)c1ccc(N=C(NC(=O)c2ccccc2)NC(=O)c2ccccc2C(F)(F)F)cc1. The molecule has 3 amide bonds. The second-order valence-corrected chi connectivity index (χ2v) is 6.69. The van der Waals surface area contributed by atoms with E-state index in [1.54, 1.807) is 18.2 Å². The number of hydrogen-bond donors (Lipinski definition) is 3. The number of nitrogens with zero attached hydrogens (tertiary/aromatic N) is 1. The van der Waals surface area contributed by atoms with Crippen molar-refractivity contribution in [1.82, 2.24) is 10.6 Å². The Balaban J connectivity index is 1.94. The van der Waals surface area contributed by atoms with Crippen LogP contribution in [0.4, 0.5) is 18.9 Å². The van der Waals surface area contributed by atoms with Crippen LogP contribution in [0.15, 0.2) is 83.9 Å². The quantitative estimate of drug-likeness (QED) is 0.413. The molecule has 4 N–H and O–H groups in total. The molecule has 3 aromatic carbocycles. The lowest BCUT2D eigenvalue weighted by Gasteiger charge is -2.14. The Bertz CT molecular complexity index is 1210. The number of alkyl halides is 3. The fourth-order valence-corrected chi connectivity index (χ4v) is 2.79. The van der Waals surface area contributed by atoms with Crippen molar-refractivity contribution < 1.29 is 27.6 Å². The first-order chi connectivity index (χ1) is 15.6. The standard InChI is InChI=1S/C23H17F3N4O3/c24-23(25,26)18-9-5-4-8-17(18)21(33)30-22(29-20(32)15-6-2-1-3-7-15)28-16-12-10-14(11-13-16)19(27)31/h1-13H,(H2,27,31)(H2,28,29,30,32,33). The van der Waals surface area contributed by atoms with Gasteiger partial charge in [0.2, 0.25) is 11.9 Å². The summed E-state index contributed by atoms with van der Waals surface area (Å²) < 4.78 is 39.9. The highest BCUT2D eigenvalue weighted by Crippen LogP contribution is 2.31. The minimum absolute atomic E-state index is 0.201. The van der Waals surface area contributed by atoms with Gasteiger partial charge in [0.25, 0.3) is 11.8 Å². The molecule has 0 atom stereocenters. The molecule has 3 rings (SSSR count). The predicted octanol–water partition coefficient (Wildman–Crippen LogP) is 3.65. The van der Waals surface area contributed by atoms with Gasteiger partial charge in [-0.25, -0.2) is 4.99 Å². The Morgan fingerprint density at radius 3 is 1.91 bits per heavy atom. The molecule has 0 unspecified atom stereocenters. The zero-order valence-corrected chi connectivity index (χ0v) is 16.9. The maximum atomic E-state index is 13.3. The van der Waals surface area contributed by atoms with Crippen LogP contribution < -0.4 is 16.4 Å². The van der Waals surface area contributed by atoms with Crippen LogP contribution in [-0.4, -0.2) is 23.7 Å². The molecule has 0 bridgehead atoms. The third kappa shape index (κ3) is 6.03. The molecule has 0 fully saturated rings. The number of amides is 3. The Kier molecular flexibility index (Phi) is 6.87. The summed E-state index contributed by atoms with van der Waals surface area (Å²) in [6, 6.07) is 17.7. The summed E-state index contributed by atoms with van der Waals surface area (Å²) in [5, 5.41) is 4.60. The molecule has 10 heteroatoms. The van der Waals surface area contributed by atoms with E-state index >= 15 is 0 Å². The van der Waals surface area contributed by atoms with Crippen molar-refractivity contribution in [2.24, 2.45) is 10.7 Å². The van der Waals surface area contributed by atoms with Gasteiger partial charge in [-0.3, -0.25) is 25.0 Å². The highest BCUT2D eigenvalue weighted by Gasteiger charge is 2.35. The molecule has 0 aliphatic rings. The molecule has 168 valence electrons. The fourth-order valence-electron chi connectivity index (χ4n) is 2.79. The number of benzene rings is 3. The molecular formula is C23H17F3N4O3. The van der Waals surface area contributed by atoms with Gasteiger partial charge in [0.15, 0.2) is 0 Å². The van der Waals surface area contributed by atoms with Crippen molar-refractivity contribution in [2.75, 3.05) is 0 Å².